The van der Waals surface area contributed by atoms with Crippen molar-refractivity contribution in [2.75, 3.05) is 39.8 Å². The van der Waals surface area contributed by atoms with Gasteiger partial charge in [0.2, 0.25) is 11.8 Å². The number of alkyl halides is 3. The van der Waals surface area contributed by atoms with Gasteiger partial charge in [0, 0.05) is 64.1 Å². The number of carbonyl (C=O) groups excluding carboxylic acids is 2. The zero-order chi connectivity index (χ0) is 23.4. The Morgan fingerprint density at radius 2 is 1.87 bits per heavy atom. The number of hydrogen-bond acceptors (Lipinski definition) is 5. The van der Waals surface area contributed by atoms with Gasteiger partial charge in [-0.25, -0.2) is 4.79 Å². The molecule has 2 aliphatic rings. The predicted octanol–water partition coefficient (Wildman–Crippen LogP) is 2.53. The molecule has 0 bridgehead atoms. The summed E-state index contributed by atoms with van der Waals surface area (Å²) in [6.45, 7) is 8.74. The average Bonchev–Trinajstić information content (AvgIpc) is 3.20. The number of carboxylic acid groups (broad SMARTS) is 1. The molecule has 31 heavy (non-hydrogen) atoms. The van der Waals surface area contributed by atoms with Gasteiger partial charge >= 0.3 is 12.1 Å². The Bertz CT molecular complexity index is 785. The van der Waals surface area contributed by atoms with Crippen LogP contribution in [0.25, 0.3) is 0 Å². The molecule has 174 valence electrons. The quantitative estimate of drug-likeness (QED) is 0.745. The molecule has 0 saturated carbocycles. The summed E-state index contributed by atoms with van der Waals surface area (Å²) in [6, 6.07) is 2.16. The van der Waals surface area contributed by atoms with Gasteiger partial charge in [0.15, 0.2) is 0 Å². The van der Waals surface area contributed by atoms with Gasteiger partial charge < -0.3 is 14.9 Å². The van der Waals surface area contributed by atoms with Crippen molar-refractivity contribution in [1.82, 2.24) is 14.7 Å². The SMILES string of the molecule is CC(C)C(=O)N1CCN(Cc2ccsc2)CC2(CC(=O)N(C)C2)C1.O=C(O)C(F)(F)F. The number of halogens is 3. The first-order chi connectivity index (χ1) is 14.3. The Morgan fingerprint density at radius 1 is 1.23 bits per heavy atom. The Kier molecular flexibility index (Phi) is 8.09. The molecule has 7 nitrogen and oxygen atoms in total. The van der Waals surface area contributed by atoms with E-state index < -0.39 is 12.1 Å². The Balaban J connectivity index is 0.000000423. The maximum absolute atomic E-state index is 12.6. The summed E-state index contributed by atoms with van der Waals surface area (Å²) in [7, 11) is 1.87. The molecule has 2 saturated heterocycles. The summed E-state index contributed by atoms with van der Waals surface area (Å²) < 4.78 is 31.7. The van der Waals surface area contributed by atoms with Gasteiger partial charge in [0.25, 0.3) is 0 Å². The fourth-order valence-corrected chi connectivity index (χ4v) is 4.65. The summed E-state index contributed by atoms with van der Waals surface area (Å²) in [5.41, 5.74) is 1.18. The third-order valence-electron chi connectivity index (χ3n) is 5.33. The zero-order valence-electron chi connectivity index (χ0n) is 17.8. The molecule has 0 radical (unpaired) electrons. The van der Waals surface area contributed by atoms with E-state index >= 15 is 0 Å². The van der Waals surface area contributed by atoms with Gasteiger partial charge in [-0.15, -0.1) is 0 Å². The van der Waals surface area contributed by atoms with Crippen LogP contribution in [-0.4, -0.2) is 83.5 Å². The van der Waals surface area contributed by atoms with Crippen molar-refractivity contribution in [2.45, 2.75) is 33.0 Å². The molecule has 1 N–H and O–H groups in total. The highest BCUT2D eigenvalue weighted by Gasteiger charge is 2.46. The van der Waals surface area contributed by atoms with Crippen LogP contribution in [0.2, 0.25) is 0 Å². The highest BCUT2D eigenvalue weighted by Crippen LogP contribution is 2.35. The van der Waals surface area contributed by atoms with E-state index in [1.165, 1.54) is 5.56 Å². The molecule has 1 aromatic heterocycles. The number of carbonyl (C=O) groups is 3. The Morgan fingerprint density at radius 3 is 2.32 bits per heavy atom. The number of carboxylic acids is 1. The standard InChI is InChI=1S/C18H27N3O2S.C2HF3O2/c1-14(2)17(23)21-6-5-20(9-15-4-7-24-10-15)12-18(13-21)8-16(22)19(3)11-18;3-2(4,5)1(6)7/h4,7,10,14H,5-6,8-9,11-13H2,1-3H3;(H,6,7). The third-order valence-corrected chi connectivity index (χ3v) is 6.06. The van der Waals surface area contributed by atoms with Crippen molar-refractivity contribution in [3.05, 3.63) is 22.4 Å². The summed E-state index contributed by atoms with van der Waals surface area (Å²) >= 11 is 1.71. The maximum Gasteiger partial charge on any atom is 0.490 e. The molecule has 3 rings (SSSR count). The highest BCUT2D eigenvalue weighted by atomic mass is 32.1. The second-order valence-electron chi connectivity index (χ2n) is 8.49. The minimum atomic E-state index is -5.08. The highest BCUT2D eigenvalue weighted by molar-refractivity contribution is 7.07. The fourth-order valence-electron chi connectivity index (χ4n) is 3.99. The van der Waals surface area contributed by atoms with Crippen LogP contribution in [-0.2, 0) is 20.9 Å². The first-order valence-corrected chi connectivity index (χ1v) is 10.8. The van der Waals surface area contributed by atoms with Gasteiger partial charge in [-0.1, -0.05) is 13.8 Å². The van der Waals surface area contributed by atoms with Crippen molar-refractivity contribution in [3.63, 3.8) is 0 Å². The van der Waals surface area contributed by atoms with Gasteiger partial charge in [0.1, 0.15) is 0 Å². The minimum absolute atomic E-state index is 0.000285. The summed E-state index contributed by atoms with van der Waals surface area (Å²) in [5, 5.41) is 11.4. The molecule has 0 aromatic carbocycles. The minimum Gasteiger partial charge on any atom is -0.475 e. The molecule has 1 atom stereocenters. The van der Waals surface area contributed by atoms with Gasteiger partial charge in [-0.05, 0) is 22.4 Å². The molecule has 11 heteroatoms. The average molecular weight is 464 g/mol. The van der Waals surface area contributed by atoms with Crippen LogP contribution < -0.4 is 0 Å². The van der Waals surface area contributed by atoms with Crippen molar-refractivity contribution in [1.29, 1.82) is 0 Å². The van der Waals surface area contributed by atoms with E-state index in [9.17, 15) is 22.8 Å². The van der Waals surface area contributed by atoms with E-state index in [4.69, 9.17) is 9.90 Å². The summed E-state index contributed by atoms with van der Waals surface area (Å²) in [5.74, 6) is -2.36. The largest absolute Gasteiger partial charge is 0.490 e. The van der Waals surface area contributed by atoms with E-state index in [0.29, 0.717) is 13.0 Å². The summed E-state index contributed by atoms with van der Waals surface area (Å²) in [6.07, 6.45) is -4.54. The molecule has 3 heterocycles. The number of nitrogens with zero attached hydrogens (tertiary/aromatic N) is 3. The second kappa shape index (κ2) is 9.99. The number of aliphatic carboxylic acids is 1. The maximum atomic E-state index is 12.6. The zero-order valence-corrected chi connectivity index (χ0v) is 18.6. The number of amides is 2. The molecule has 2 aliphatic heterocycles. The van der Waals surface area contributed by atoms with E-state index in [0.717, 1.165) is 32.7 Å². The van der Waals surface area contributed by atoms with Gasteiger partial charge in [0.05, 0.1) is 0 Å². The van der Waals surface area contributed by atoms with Crippen LogP contribution >= 0.6 is 11.3 Å². The van der Waals surface area contributed by atoms with E-state index in [2.05, 4.69) is 21.7 Å². The van der Waals surface area contributed by atoms with Crippen molar-refractivity contribution >= 4 is 29.1 Å². The number of thiophene rings is 1. The van der Waals surface area contributed by atoms with Crippen LogP contribution in [0.5, 0.6) is 0 Å². The lowest BCUT2D eigenvalue weighted by molar-refractivity contribution is -0.192. The molecule has 0 aliphatic carbocycles. The van der Waals surface area contributed by atoms with Crippen LogP contribution in [0.4, 0.5) is 13.2 Å². The van der Waals surface area contributed by atoms with Crippen molar-refractivity contribution < 1.29 is 32.7 Å². The molecule has 2 amide bonds. The smallest absolute Gasteiger partial charge is 0.475 e. The fraction of sp³-hybridized carbons (Fsp3) is 0.650. The van der Waals surface area contributed by atoms with Gasteiger partial charge in [-0.2, -0.15) is 24.5 Å². The van der Waals surface area contributed by atoms with Crippen LogP contribution in [0, 0.1) is 11.3 Å². The lowest BCUT2D eigenvalue weighted by atomic mass is 9.85. The lowest BCUT2D eigenvalue weighted by Gasteiger charge is -2.34. The molecule has 1 unspecified atom stereocenters. The van der Waals surface area contributed by atoms with Crippen LogP contribution in [0.15, 0.2) is 16.8 Å². The number of rotatable bonds is 3. The summed E-state index contributed by atoms with van der Waals surface area (Å²) in [4.78, 5) is 39.9. The molecule has 1 aromatic rings. The van der Waals surface area contributed by atoms with E-state index in [-0.39, 0.29) is 23.1 Å². The van der Waals surface area contributed by atoms with E-state index in [1.807, 2.05) is 30.7 Å². The van der Waals surface area contributed by atoms with Gasteiger partial charge in [-0.3, -0.25) is 14.5 Å². The van der Waals surface area contributed by atoms with Crippen molar-refractivity contribution in [3.8, 4) is 0 Å². The molecular formula is C20H28F3N3O4S. The van der Waals surface area contributed by atoms with Crippen molar-refractivity contribution in [2.24, 2.45) is 11.3 Å². The molecular weight excluding hydrogens is 435 g/mol. The first kappa shape index (κ1) is 25.1. The predicted molar refractivity (Wildman–Crippen MR) is 109 cm³/mol. The van der Waals surface area contributed by atoms with E-state index in [1.54, 1.807) is 11.3 Å². The monoisotopic (exact) mass is 463 g/mol. The third kappa shape index (κ3) is 6.93. The lowest BCUT2D eigenvalue weighted by Crippen LogP contribution is -2.45. The Hall–Kier alpha value is -2.14. The first-order valence-electron chi connectivity index (χ1n) is 9.89. The number of hydrogen-bond donors (Lipinski definition) is 1. The number of likely N-dealkylation sites (tertiary alicyclic amines) is 1. The normalized spacial score (nSPS) is 22.5. The molecule has 1 spiro atoms. The van der Waals surface area contributed by atoms with Crippen LogP contribution in [0.3, 0.4) is 0 Å². The second-order valence-corrected chi connectivity index (χ2v) is 9.27. The Labute approximate surface area is 183 Å². The molecule has 2 fully saturated rings. The van der Waals surface area contributed by atoms with Crippen LogP contribution in [0.1, 0.15) is 25.8 Å². The topological polar surface area (TPSA) is 81.2 Å².